The average molecular weight is 738 g/mol. The molecular weight excluding hydrogens is 667 g/mol. The van der Waals surface area contributed by atoms with Crippen molar-refractivity contribution in [1.82, 2.24) is 20.1 Å². The second-order valence-electron chi connectivity index (χ2n) is 20.3. The van der Waals surface area contributed by atoms with Crippen LogP contribution in [0.15, 0.2) is 18.0 Å². The molecule has 0 radical (unpaired) electrons. The van der Waals surface area contributed by atoms with Crippen molar-refractivity contribution in [2.45, 2.75) is 152 Å². The second kappa shape index (κ2) is 13.7. The Bertz CT molecular complexity index is 1590. The highest BCUT2D eigenvalue weighted by Gasteiger charge is 2.72. The number of carboxylic acids is 1. The number of aliphatic carboxylic acids is 1. The zero-order valence-electron chi connectivity index (χ0n) is 34.9. The molecule has 10 heteroatoms. The van der Waals surface area contributed by atoms with Crippen LogP contribution in [0.4, 0.5) is 0 Å². The van der Waals surface area contributed by atoms with Crippen molar-refractivity contribution in [2.24, 2.45) is 68.3 Å². The molecule has 298 valence electrons. The van der Waals surface area contributed by atoms with Crippen molar-refractivity contribution in [1.29, 1.82) is 0 Å². The third kappa shape index (κ3) is 6.05. The first-order valence-corrected chi connectivity index (χ1v) is 20.8. The van der Waals surface area contributed by atoms with Gasteiger partial charge in [-0.3, -0.25) is 9.59 Å². The molecule has 5 aliphatic rings. The average Bonchev–Trinajstić information content (AvgIpc) is 3.58. The van der Waals surface area contributed by atoms with E-state index in [0.717, 1.165) is 44.9 Å². The number of fused-ring (bicyclic) bond motifs is 3. The molecule has 4 fully saturated rings. The van der Waals surface area contributed by atoms with Gasteiger partial charge in [0.1, 0.15) is 6.33 Å². The first-order chi connectivity index (χ1) is 24.6. The third-order valence-corrected chi connectivity index (χ3v) is 17.0. The summed E-state index contributed by atoms with van der Waals surface area (Å²) in [6.45, 7) is 28.0. The molecule has 0 spiro atoms. The van der Waals surface area contributed by atoms with Gasteiger partial charge in [-0.05, 0) is 105 Å². The van der Waals surface area contributed by atoms with Gasteiger partial charge in [-0.15, -0.1) is 5.10 Å². The molecule has 3 saturated carbocycles. The zero-order valence-corrected chi connectivity index (χ0v) is 34.9. The number of nitrogens with two attached hydrogens (primary N) is 1. The predicted octanol–water partition coefficient (Wildman–Crippen LogP) is 7.69. The van der Waals surface area contributed by atoms with Gasteiger partial charge in [0.25, 0.3) is 5.91 Å². The number of hydrogen-bond donors (Lipinski definition) is 3. The zero-order chi connectivity index (χ0) is 39.1. The van der Waals surface area contributed by atoms with Crippen LogP contribution in [0.5, 0.6) is 0 Å². The van der Waals surface area contributed by atoms with Crippen LogP contribution in [0, 0.1) is 62.6 Å². The Kier molecular flexibility index (Phi) is 10.4. The number of rotatable bonds is 11. The van der Waals surface area contributed by atoms with E-state index in [1.54, 1.807) is 6.33 Å². The van der Waals surface area contributed by atoms with Gasteiger partial charge in [-0.1, -0.05) is 80.9 Å². The molecule has 6 rings (SSSR count). The summed E-state index contributed by atoms with van der Waals surface area (Å²) in [5.41, 5.74) is 6.28. The van der Waals surface area contributed by atoms with Gasteiger partial charge in [0.05, 0.1) is 37.9 Å². The van der Waals surface area contributed by atoms with E-state index in [2.05, 4.69) is 85.6 Å². The molecule has 1 aromatic rings. The first-order valence-electron chi connectivity index (χ1n) is 20.8. The smallest absolute Gasteiger partial charge is 0.307 e. The van der Waals surface area contributed by atoms with Crippen LogP contribution in [0.25, 0.3) is 0 Å². The highest BCUT2D eigenvalue weighted by atomic mass is 16.5. The predicted molar refractivity (Wildman–Crippen MR) is 207 cm³/mol. The summed E-state index contributed by atoms with van der Waals surface area (Å²) in [5, 5.41) is 19.0. The largest absolute Gasteiger partial charge is 0.481 e. The molecule has 2 bridgehead atoms. The summed E-state index contributed by atoms with van der Waals surface area (Å²) in [5.74, 6) is 0.295. The number of ether oxygens (including phenoxy) is 2. The maximum absolute atomic E-state index is 13.5. The van der Waals surface area contributed by atoms with Gasteiger partial charge in [-0.2, -0.15) is 0 Å². The summed E-state index contributed by atoms with van der Waals surface area (Å²) >= 11 is 0. The molecule has 13 atom stereocenters. The Morgan fingerprint density at radius 1 is 1.09 bits per heavy atom. The van der Waals surface area contributed by atoms with Gasteiger partial charge in [-0.25, -0.2) is 9.67 Å². The van der Waals surface area contributed by atoms with Gasteiger partial charge >= 0.3 is 5.97 Å². The van der Waals surface area contributed by atoms with Crippen LogP contribution in [-0.2, 0) is 14.3 Å². The molecule has 10 nitrogen and oxygen atoms in total. The highest BCUT2D eigenvalue weighted by molar-refractivity contribution is 5.90. The number of nitrogens with one attached hydrogen (secondary N) is 1. The molecule has 1 saturated heterocycles. The van der Waals surface area contributed by atoms with Crippen LogP contribution < -0.4 is 11.1 Å². The van der Waals surface area contributed by atoms with Crippen LogP contribution in [0.2, 0.25) is 0 Å². The van der Waals surface area contributed by atoms with E-state index >= 15 is 0 Å². The highest BCUT2D eigenvalue weighted by Crippen LogP contribution is 2.75. The number of carbonyl (C=O) groups is 2. The van der Waals surface area contributed by atoms with Crippen molar-refractivity contribution in [3.8, 4) is 0 Å². The Balaban J connectivity index is 1.44. The van der Waals surface area contributed by atoms with Crippen molar-refractivity contribution < 1.29 is 24.2 Å². The summed E-state index contributed by atoms with van der Waals surface area (Å²) in [7, 11) is 0. The maximum Gasteiger partial charge on any atom is 0.307 e. The molecule has 1 aliphatic heterocycles. The van der Waals surface area contributed by atoms with Gasteiger partial charge in [0.15, 0.2) is 0 Å². The molecule has 4 N–H and O–H groups in total. The monoisotopic (exact) mass is 738 g/mol. The maximum atomic E-state index is 13.5. The molecule has 2 heterocycles. The lowest BCUT2D eigenvalue weighted by molar-refractivity contribution is -0.252. The minimum absolute atomic E-state index is 0.0185. The van der Waals surface area contributed by atoms with E-state index in [0.29, 0.717) is 37.6 Å². The van der Waals surface area contributed by atoms with Crippen molar-refractivity contribution in [3.63, 3.8) is 0 Å². The van der Waals surface area contributed by atoms with Crippen molar-refractivity contribution >= 4 is 11.9 Å². The van der Waals surface area contributed by atoms with Crippen molar-refractivity contribution in [3.05, 3.63) is 23.8 Å². The molecular formula is C43H71N5O5. The lowest BCUT2D eigenvalue weighted by Crippen LogP contribution is -2.69. The quantitative estimate of drug-likeness (QED) is 0.196. The molecule has 1 aromatic heterocycles. The van der Waals surface area contributed by atoms with Gasteiger partial charge < -0.3 is 25.6 Å². The second-order valence-corrected chi connectivity index (χ2v) is 20.3. The number of aromatic nitrogens is 3. The molecule has 4 aliphatic carbocycles. The van der Waals surface area contributed by atoms with E-state index in [1.807, 2.05) is 18.5 Å². The molecule has 0 aromatic carbocycles. The summed E-state index contributed by atoms with van der Waals surface area (Å²) < 4.78 is 15.7. The number of allylic oxidation sites excluding steroid dienone is 1. The SMILES string of the molecule is CC[C@H](C)NC(=O)c1ncn([C@@H]2CC34COC[C@@](C)([C@@H]3CC[C@H]3C4=CC[C@@]4(C)[C@H](C(=O)O)[C@@](C)([C@H](C)C(C)C)CC[C@]34C)[C@H]2OC[C@](C)(N)C(C)C)n1. The lowest BCUT2D eigenvalue weighted by atomic mass is 9.34. The molecule has 1 unspecified atom stereocenters. The molecule has 1 amide bonds. The Labute approximate surface area is 319 Å². The number of carboxylic acid groups (broad SMARTS) is 1. The minimum Gasteiger partial charge on any atom is -0.481 e. The van der Waals surface area contributed by atoms with Crippen LogP contribution >= 0.6 is 0 Å². The summed E-state index contributed by atoms with van der Waals surface area (Å²) in [6, 6.07) is -0.181. The Morgan fingerprint density at radius 2 is 1.79 bits per heavy atom. The topological polar surface area (TPSA) is 142 Å². The van der Waals surface area contributed by atoms with E-state index in [-0.39, 0.29) is 63.4 Å². The molecule has 53 heavy (non-hydrogen) atoms. The van der Waals surface area contributed by atoms with E-state index < -0.39 is 22.8 Å². The standard InChI is InChI=1S/C43H71N5O5/c1-13-27(6)46-36(49)35-45-24-48(47-35)31-20-43-23-52-21-39(9,34(31)53-22-42(12,44)26(4)5)32(43)15-14-29-30(43)16-17-41(11)33(37(50)51)38(8,28(7)25(2)3)18-19-40(29,41)10/h16,24-29,31-34H,13-15,17-23,44H2,1-12H3,(H,46,49)(H,50,51)/t27-,28+,29-,31+,32-,33+,34-,38+,39-,40+,41-,42-,43?/m0/s1. The van der Waals surface area contributed by atoms with Gasteiger partial charge in [0.2, 0.25) is 5.82 Å². The normalized spacial score (nSPS) is 41.7. The fourth-order valence-electron chi connectivity index (χ4n) is 12.5. The number of hydrogen-bond acceptors (Lipinski definition) is 7. The van der Waals surface area contributed by atoms with Gasteiger partial charge in [0, 0.05) is 22.4 Å². The van der Waals surface area contributed by atoms with Crippen LogP contribution in [0.3, 0.4) is 0 Å². The minimum atomic E-state index is -0.643. The Morgan fingerprint density at radius 3 is 2.42 bits per heavy atom. The fraction of sp³-hybridized carbons (Fsp3) is 0.860. The lowest BCUT2D eigenvalue weighted by Gasteiger charge is -2.71. The fourth-order valence-corrected chi connectivity index (χ4v) is 12.5. The van der Waals surface area contributed by atoms with Crippen molar-refractivity contribution in [2.75, 3.05) is 19.8 Å². The van der Waals surface area contributed by atoms with Crippen LogP contribution in [0.1, 0.15) is 145 Å². The first kappa shape index (κ1) is 40.4. The Hall–Kier alpha value is -2.30. The van der Waals surface area contributed by atoms with E-state index in [4.69, 9.17) is 20.3 Å². The van der Waals surface area contributed by atoms with E-state index in [1.165, 1.54) is 5.57 Å². The van der Waals surface area contributed by atoms with E-state index in [9.17, 15) is 14.7 Å². The third-order valence-electron chi connectivity index (χ3n) is 17.0. The van der Waals surface area contributed by atoms with Crippen LogP contribution in [-0.4, -0.2) is 69.3 Å². The number of nitrogens with zero attached hydrogens (tertiary/aromatic N) is 3. The summed E-state index contributed by atoms with van der Waals surface area (Å²) in [4.78, 5) is 31.3. The number of carbonyl (C=O) groups excluding carboxylic acids is 1. The number of amides is 1. The summed E-state index contributed by atoms with van der Waals surface area (Å²) in [6.07, 6.45) is 10.2.